The minimum absolute atomic E-state index is 0.0123. The third-order valence-corrected chi connectivity index (χ3v) is 6.27. The maximum atomic E-state index is 11.1. The van der Waals surface area contributed by atoms with Crippen molar-refractivity contribution in [1.29, 1.82) is 0 Å². The van der Waals surface area contributed by atoms with Crippen LogP contribution in [0.1, 0.15) is 40.8 Å². The van der Waals surface area contributed by atoms with Gasteiger partial charge < -0.3 is 10.4 Å². The van der Waals surface area contributed by atoms with Crippen molar-refractivity contribution < 1.29 is 5.11 Å². The van der Waals surface area contributed by atoms with Gasteiger partial charge in [-0.15, -0.1) is 0 Å². The van der Waals surface area contributed by atoms with E-state index in [1.54, 1.807) is 0 Å². The number of anilines is 1. The van der Waals surface area contributed by atoms with Crippen molar-refractivity contribution in [2.45, 2.75) is 32.4 Å². The van der Waals surface area contributed by atoms with E-state index in [-0.39, 0.29) is 6.04 Å². The largest absolute Gasteiger partial charge is 0.388 e. The number of benzene rings is 4. The average Bonchev–Trinajstić information content (AvgIpc) is 2.76. The van der Waals surface area contributed by atoms with Crippen LogP contribution in [0.25, 0.3) is 10.8 Å². The molecule has 4 rings (SSSR count). The molecule has 152 valence electrons. The third-order valence-electron chi connectivity index (χ3n) is 5.74. The van der Waals surface area contributed by atoms with E-state index in [0.717, 1.165) is 26.7 Å². The van der Waals surface area contributed by atoms with Crippen molar-refractivity contribution in [3.63, 3.8) is 0 Å². The molecule has 0 amide bonds. The SMILES string of the molecule is Cc1ccc(NC(CC(O)c2ccc3ccccc3c2)c2ccc(Br)cc2)cc1C. The minimum atomic E-state index is -0.567. The van der Waals surface area contributed by atoms with Gasteiger partial charge in [0.1, 0.15) is 0 Å². The van der Waals surface area contributed by atoms with Crippen molar-refractivity contribution in [1.82, 2.24) is 0 Å². The van der Waals surface area contributed by atoms with Crippen molar-refractivity contribution in [2.75, 3.05) is 5.32 Å². The summed E-state index contributed by atoms with van der Waals surface area (Å²) in [5, 5.41) is 17.1. The van der Waals surface area contributed by atoms with Crippen molar-refractivity contribution in [3.8, 4) is 0 Å². The number of halogens is 1. The first-order valence-corrected chi connectivity index (χ1v) is 11.0. The number of hydrogen-bond acceptors (Lipinski definition) is 2. The zero-order valence-electron chi connectivity index (χ0n) is 17.3. The van der Waals surface area contributed by atoms with Crippen LogP contribution in [0.3, 0.4) is 0 Å². The first-order valence-electron chi connectivity index (χ1n) is 10.3. The lowest BCUT2D eigenvalue weighted by atomic mass is 9.95. The summed E-state index contributed by atoms with van der Waals surface area (Å²) in [5.74, 6) is 0. The van der Waals surface area contributed by atoms with E-state index in [4.69, 9.17) is 0 Å². The molecule has 2 N–H and O–H groups in total. The molecule has 0 bridgehead atoms. The summed E-state index contributed by atoms with van der Waals surface area (Å²) >= 11 is 3.52. The normalized spacial score (nSPS) is 13.2. The van der Waals surface area contributed by atoms with Crippen molar-refractivity contribution in [3.05, 3.63) is 112 Å². The second kappa shape index (κ2) is 9.03. The Balaban J connectivity index is 1.62. The topological polar surface area (TPSA) is 32.3 Å². The number of rotatable bonds is 6. The molecule has 4 aromatic rings. The molecule has 0 saturated heterocycles. The Bertz CT molecular complexity index is 1150. The van der Waals surface area contributed by atoms with Crippen LogP contribution in [-0.2, 0) is 0 Å². The molecule has 0 spiro atoms. The Hall–Kier alpha value is -2.62. The van der Waals surface area contributed by atoms with Crippen molar-refractivity contribution >= 4 is 32.4 Å². The van der Waals surface area contributed by atoms with Gasteiger partial charge in [0.05, 0.1) is 12.1 Å². The van der Waals surface area contributed by atoms with E-state index in [1.807, 2.05) is 30.3 Å². The Morgan fingerprint density at radius 1 is 0.767 bits per heavy atom. The average molecular weight is 460 g/mol. The molecule has 0 saturated carbocycles. The molecule has 3 heteroatoms. The highest BCUT2D eigenvalue weighted by atomic mass is 79.9. The van der Waals surface area contributed by atoms with E-state index >= 15 is 0 Å². The first kappa shape index (κ1) is 20.6. The quantitative estimate of drug-likeness (QED) is 0.312. The monoisotopic (exact) mass is 459 g/mol. The molecular formula is C27H26BrNO. The van der Waals surface area contributed by atoms with E-state index in [9.17, 15) is 5.11 Å². The Labute approximate surface area is 186 Å². The molecule has 0 radical (unpaired) electrons. The van der Waals surface area contributed by atoms with Crippen LogP contribution < -0.4 is 5.32 Å². The minimum Gasteiger partial charge on any atom is -0.388 e. The van der Waals surface area contributed by atoms with Crippen molar-refractivity contribution in [2.24, 2.45) is 0 Å². The predicted octanol–water partition coefficient (Wildman–Crippen LogP) is 7.50. The standard InChI is InChI=1S/C27H26BrNO/c1-18-7-14-25(15-19(18)2)29-26(21-10-12-24(28)13-11-21)17-27(30)23-9-8-20-5-3-4-6-22(20)16-23/h3-16,26-27,29-30H,17H2,1-2H3. The predicted molar refractivity (Wildman–Crippen MR) is 130 cm³/mol. The van der Waals surface area contributed by atoms with Crippen LogP contribution in [0.2, 0.25) is 0 Å². The smallest absolute Gasteiger partial charge is 0.0813 e. The van der Waals surface area contributed by atoms with E-state index < -0.39 is 6.10 Å². The molecule has 0 aromatic heterocycles. The molecule has 2 unspecified atom stereocenters. The van der Waals surface area contributed by atoms with E-state index in [1.165, 1.54) is 16.5 Å². The molecule has 30 heavy (non-hydrogen) atoms. The molecule has 0 aliphatic heterocycles. The van der Waals surface area contributed by atoms with Crippen LogP contribution in [0.4, 0.5) is 5.69 Å². The van der Waals surface area contributed by atoms with E-state index in [2.05, 4.69) is 89.7 Å². The number of fused-ring (bicyclic) bond motifs is 1. The van der Waals surface area contributed by atoms with E-state index in [0.29, 0.717) is 6.42 Å². The number of aliphatic hydroxyl groups is 1. The molecule has 0 aliphatic carbocycles. The summed E-state index contributed by atoms with van der Waals surface area (Å²) in [5.41, 5.74) is 5.69. The molecule has 0 heterocycles. The second-order valence-electron chi connectivity index (χ2n) is 7.91. The van der Waals surface area contributed by atoms with Gasteiger partial charge in [0.2, 0.25) is 0 Å². The zero-order chi connectivity index (χ0) is 21.1. The molecular weight excluding hydrogens is 434 g/mol. The maximum Gasteiger partial charge on any atom is 0.0813 e. The first-order chi connectivity index (χ1) is 14.5. The number of hydrogen-bond donors (Lipinski definition) is 2. The van der Waals surface area contributed by atoms with Gasteiger partial charge >= 0.3 is 0 Å². The number of nitrogens with one attached hydrogen (secondary N) is 1. The number of aryl methyl sites for hydroxylation is 2. The Morgan fingerprint density at radius 2 is 1.47 bits per heavy atom. The molecule has 2 nitrogen and oxygen atoms in total. The molecule has 0 aliphatic rings. The summed E-state index contributed by atoms with van der Waals surface area (Å²) in [7, 11) is 0. The maximum absolute atomic E-state index is 11.1. The van der Waals surface area contributed by atoms with Crippen LogP contribution in [-0.4, -0.2) is 5.11 Å². The van der Waals surface area contributed by atoms with Gasteiger partial charge in [0.25, 0.3) is 0 Å². The summed E-state index contributed by atoms with van der Waals surface area (Å²) in [4.78, 5) is 0. The van der Waals surface area contributed by atoms with Gasteiger partial charge in [-0.3, -0.25) is 0 Å². The second-order valence-corrected chi connectivity index (χ2v) is 8.82. The van der Waals surface area contributed by atoms with Gasteiger partial charge in [-0.25, -0.2) is 0 Å². The fraction of sp³-hybridized carbons (Fsp3) is 0.185. The lowest BCUT2D eigenvalue weighted by Crippen LogP contribution is -2.15. The third kappa shape index (κ3) is 4.75. The van der Waals surface area contributed by atoms with Gasteiger partial charge in [-0.1, -0.05) is 70.5 Å². The number of aliphatic hydroxyl groups excluding tert-OH is 1. The van der Waals surface area contributed by atoms with Gasteiger partial charge in [-0.05, 0) is 77.2 Å². The Kier molecular flexibility index (Phi) is 6.21. The lowest BCUT2D eigenvalue weighted by molar-refractivity contribution is 0.161. The van der Waals surface area contributed by atoms with Crippen LogP contribution in [0, 0.1) is 13.8 Å². The van der Waals surface area contributed by atoms with Gasteiger partial charge in [0.15, 0.2) is 0 Å². The summed E-state index contributed by atoms with van der Waals surface area (Å²) in [6.07, 6.45) is 0.00897. The van der Waals surface area contributed by atoms with Crippen LogP contribution in [0.5, 0.6) is 0 Å². The molecule has 4 aromatic carbocycles. The molecule has 0 fully saturated rings. The van der Waals surface area contributed by atoms with Crippen LogP contribution >= 0.6 is 15.9 Å². The summed E-state index contributed by atoms with van der Waals surface area (Å²) < 4.78 is 1.05. The highest BCUT2D eigenvalue weighted by Gasteiger charge is 2.19. The fourth-order valence-corrected chi connectivity index (χ4v) is 4.04. The fourth-order valence-electron chi connectivity index (χ4n) is 3.78. The highest BCUT2D eigenvalue weighted by Crippen LogP contribution is 2.32. The summed E-state index contributed by atoms with van der Waals surface area (Å²) in [6, 6.07) is 29.2. The molecule has 2 atom stereocenters. The van der Waals surface area contributed by atoms with Gasteiger partial charge in [-0.2, -0.15) is 0 Å². The lowest BCUT2D eigenvalue weighted by Gasteiger charge is -2.24. The zero-order valence-corrected chi connectivity index (χ0v) is 18.9. The van der Waals surface area contributed by atoms with Gasteiger partial charge in [0, 0.05) is 16.6 Å². The van der Waals surface area contributed by atoms with Crippen LogP contribution in [0.15, 0.2) is 89.4 Å². The Morgan fingerprint density at radius 3 is 2.20 bits per heavy atom. The highest BCUT2D eigenvalue weighted by molar-refractivity contribution is 9.10. The summed E-state index contributed by atoms with van der Waals surface area (Å²) in [6.45, 7) is 4.24.